The number of esters is 1. The van der Waals surface area contributed by atoms with Crippen LogP contribution in [0.3, 0.4) is 0 Å². The Morgan fingerprint density at radius 3 is 2.84 bits per heavy atom. The Balaban J connectivity index is 1.44. The maximum atomic E-state index is 12.4. The number of nitrogens with one attached hydrogen (secondary N) is 1. The highest BCUT2D eigenvalue weighted by molar-refractivity contribution is 5.94. The van der Waals surface area contributed by atoms with Gasteiger partial charge in [0.1, 0.15) is 17.2 Å². The number of aryl methyl sites for hydroxylation is 1. The van der Waals surface area contributed by atoms with Gasteiger partial charge in [-0.2, -0.15) is 0 Å². The van der Waals surface area contributed by atoms with Crippen molar-refractivity contribution in [3.8, 4) is 0 Å². The molecule has 1 aliphatic rings. The predicted octanol–water partition coefficient (Wildman–Crippen LogP) is 2.54. The number of ketones is 1. The zero-order chi connectivity index (χ0) is 17.4. The van der Waals surface area contributed by atoms with Crippen LogP contribution in [0.5, 0.6) is 0 Å². The molecule has 0 bridgehead atoms. The van der Waals surface area contributed by atoms with Gasteiger partial charge in [0, 0.05) is 31.4 Å². The average molecular weight is 338 g/mol. The van der Waals surface area contributed by atoms with Crippen LogP contribution in [0.1, 0.15) is 57.5 Å². The molecule has 7 heteroatoms. The maximum absolute atomic E-state index is 12.4. The molecule has 0 aliphatic heterocycles. The second-order valence-corrected chi connectivity index (χ2v) is 6.28. The molecule has 1 aliphatic carbocycles. The number of rotatable bonds is 6. The topological polar surface area (TPSA) is 89.4 Å². The molecule has 1 fully saturated rings. The number of carbonyl (C=O) groups is 2. The number of methoxy groups -OCH3 is 1. The van der Waals surface area contributed by atoms with Gasteiger partial charge >= 0.3 is 5.97 Å². The number of aromatic amines is 1. The average Bonchev–Trinajstić information content (AvgIpc) is 3.22. The summed E-state index contributed by atoms with van der Waals surface area (Å²) >= 11 is 0. The molecule has 0 atom stereocenters. The minimum absolute atomic E-state index is 0.0484. The molecule has 0 saturated heterocycles. The lowest BCUT2D eigenvalue weighted by atomic mass is 10.2. The summed E-state index contributed by atoms with van der Waals surface area (Å²) in [6.45, 7) is 0. The smallest absolute Gasteiger partial charge is 0.358 e. The monoisotopic (exact) mass is 338 g/mol. The van der Waals surface area contributed by atoms with E-state index in [-0.39, 0.29) is 17.9 Å². The molecule has 1 N–H and O–H groups in total. The fourth-order valence-corrected chi connectivity index (χ4v) is 2.86. The van der Waals surface area contributed by atoms with Crippen LogP contribution in [-0.4, -0.2) is 38.2 Å². The number of pyridine rings is 1. The van der Waals surface area contributed by atoms with Crippen molar-refractivity contribution in [2.24, 2.45) is 0 Å². The number of hydrogen-bond donors (Lipinski definition) is 1. The summed E-state index contributed by atoms with van der Waals surface area (Å²) in [5.41, 5.74) is 2.74. The van der Waals surface area contributed by atoms with Crippen LogP contribution in [0.25, 0.3) is 5.65 Å². The summed E-state index contributed by atoms with van der Waals surface area (Å²) in [6.07, 6.45) is 8.49. The second kappa shape index (κ2) is 6.16. The van der Waals surface area contributed by atoms with Gasteiger partial charge in [-0.25, -0.2) is 14.8 Å². The quantitative estimate of drug-likeness (QED) is 0.551. The van der Waals surface area contributed by atoms with E-state index in [1.54, 1.807) is 6.20 Å². The van der Waals surface area contributed by atoms with E-state index in [4.69, 9.17) is 0 Å². The third-order valence-corrected chi connectivity index (χ3v) is 4.42. The van der Waals surface area contributed by atoms with Crippen LogP contribution in [0, 0.1) is 0 Å². The van der Waals surface area contributed by atoms with Crippen molar-refractivity contribution >= 4 is 17.4 Å². The van der Waals surface area contributed by atoms with Crippen LogP contribution in [0.15, 0.2) is 30.7 Å². The van der Waals surface area contributed by atoms with Gasteiger partial charge in [0.2, 0.25) is 0 Å². The molecule has 25 heavy (non-hydrogen) atoms. The van der Waals surface area contributed by atoms with Crippen molar-refractivity contribution < 1.29 is 14.3 Å². The van der Waals surface area contributed by atoms with Gasteiger partial charge in [-0.3, -0.25) is 4.79 Å². The first-order valence-corrected chi connectivity index (χ1v) is 8.28. The van der Waals surface area contributed by atoms with Crippen molar-refractivity contribution in [2.75, 3.05) is 7.11 Å². The van der Waals surface area contributed by atoms with Gasteiger partial charge in [0.25, 0.3) is 0 Å². The lowest BCUT2D eigenvalue weighted by Crippen LogP contribution is -2.04. The summed E-state index contributed by atoms with van der Waals surface area (Å²) in [6, 6.07) is 4.05. The third-order valence-electron chi connectivity index (χ3n) is 4.42. The maximum Gasteiger partial charge on any atom is 0.358 e. The summed E-state index contributed by atoms with van der Waals surface area (Å²) in [5, 5.41) is 0. The molecule has 1 saturated carbocycles. The molecular formula is C18H18N4O3. The van der Waals surface area contributed by atoms with E-state index in [0.717, 1.165) is 5.65 Å². The number of carbonyl (C=O) groups excluding carboxylic acids is 2. The van der Waals surface area contributed by atoms with Gasteiger partial charge in [0.15, 0.2) is 11.5 Å². The number of ether oxygens (including phenoxy) is 1. The van der Waals surface area contributed by atoms with E-state index >= 15 is 0 Å². The van der Waals surface area contributed by atoms with E-state index in [0.29, 0.717) is 23.9 Å². The Hall–Kier alpha value is -2.96. The molecule has 0 amide bonds. The normalized spacial score (nSPS) is 14.0. The zero-order valence-electron chi connectivity index (χ0n) is 13.9. The first kappa shape index (κ1) is 15.6. The van der Waals surface area contributed by atoms with E-state index in [1.165, 1.54) is 31.7 Å². The van der Waals surface area contributed by atoms with Crippen LogP contribution in [0.2, 0.25) is 0 Å². The van der Waals surface area contributed by atoms with E-state index in [1.807, 2.05) is 10.5 Å². The summed E-state index contributed by atoms with van der Waals surface area (Å²) in [4.78, 5) is 35.2. The van der Waals surface area contributed by atoms with Gasteiger partial charge in [0.05, 0.1) is 7.11 Å². The Labute approximate surface area is 144 Å². The highest BCUT2D eigenvalue weighted by Gasteiger charge is 2.24. The molecule has 3 aromatic heterocycles. The molecule has 128 valence electrons. The lowest BCUT2D eigenvalue weighted by molar-refractivity contribution is 0.0594. The van der Waals surface area contributed by atoms with E-state index < -0.39 is 5.97 Å². The summed E-state index contributed by atoms with van der Waals surface area (Å²) in [5.74, 6) is 0.691. The molecule has 0 radical (unpaired) electrons. The molecule has 3 aromatic rings. The fraction of sp³-hybridized carbons (Fsp3) is 0.333. The summed E-state index contributed by atoms with van der Waals surface area (Å²) in [7, 11) is 1.30. The standard InChI is InChI=1S/C18H18N4O3/c1-25-18(24)13-8-19-16(20-13)6-5-15(23)14-10-22-9-12(11-2-3-11)4-7-17(22)21-14/h4,7-11H,2-3,5-6H2,1H3,(H,19,20). The Kier molecular flexibility index (Phi) is 3.83. The minimum atomic E-state index is -0.499. The SMILES string of the molecule is COC(=O)c1c[nH]c(CCC(=O)c2cn3cc(C4CC4)ccc3n2)n1. The number of H-pyrrole nitrogens is 1. The van der Waals surface area contributed by atoms with Gasteiger partial charge < -0.3 is 14.1 Å². The molecular weight excluding hydrogens is 320 g/mol. The number of fused-ring (bicyclic) bond motifs is 1. The number of hydrogen-bond acceptors (Lipinski definition) is 5. The van der Waals surface area contributed by atoms with E-state index in [9.17, 15) is 9.59 Å². The first-order chi connectivity index (χ1) is 12.1. The molecule has 4 rings (SSSR count). The number of nitrogens with zero attached hydrogens (tertiary/aromatic N) is 3. The van der Waals surface area contributed by atoms with Crippen LogP contribution < -0.4 is 0 Å². The Morgan fingerprint density at radius 1 is 1.24 bits per heavy atom. The van der Waals surface area contributed by atoms with Crippen molar-refractivity contribution in [1.29, 1.82) is 0 Å². The number of Topliss-reactive ketones (excluding diaryl/α,β-unsaturated/α-hetero) is 1. The van der Waals surface area contributed by atoms with Crippen molar-refractivity contribution in [3.63, 3.8) is 0 Å². The highest BCUT2D eigenvalue weighted by Crippen LogP contribution is 2.39. The van der Waals surface area contributed by atoms with Gasteiger partial charge in [-0.05, 0) is 30.4 Å². The van der Waals surface area contributed by atoms with Crippen molar-refractivity contribution in [2.45, 2.75) is 31.6 Å². The van der Waals surface area contributed by atoms with Crippen molar-refractivity contribution in [1.82, 2.24) is 19.4 Å². The zero-order valence-corrected chi connectivity index (χ0v) is 13.9. The Morgan fingerprint density at radius 2 is 2.08 bits per heavy atom. The van der Waals surface area contributed by atoms with Crippen LogP contribution in [0.4, 0.5) is 0 Å². The van der Waals surface area contributed by atoms with Gasteiger partial charge in [-0.1, -0.05) is 6.07 Å². The Bertz CT molecular complexity index is 952. The molecule has 7 nitrogen and oxygen atoms in total. The van der Waals surface area contributed by atoms with Crippen LogP contribution >= 0.6 is 0 Å². The lowest BCUT2D eigenvalue weighted by Gasteiger charge is -1.98. The largest absolute Gasteiger partial charge is 0.464 e. The highest BCUT2D eigenvalue weighted by atomic mass is 16.5. The predicted molar refractivity (Wildman–Crippen MR) is 89.7 cm³/mol. The molecule has 3 heterocycles. The first-order valence-electron chi connectivity index (χ1n) is 8.28. The molecule has 0 spiro atoms. The number of aromatic nitrogens is 4. The van der Waals surface area contributed by atoms with Crippen LogP contribution in [-0.2, 0) is 11.2 Å². The van der Waals surface area contributed by atoms with Gasteiger partial charge in [-0.15, -0.1) is 0 Å². The fourth-order valence-electron chi connectivity index (χ4n) is 2.86. The van der Waals surface area contributed by atoms with Crippen molar-refractivity contribution in [3.05, 3.63) is 53.5 Å². The minimum Gasteiger partial charge on any atom is -0.464 e. The molecule has 0 aromatic carbocycles. The summed E-state index contributed by atoms with van der Waals surface area (Å²) < 4.78 is 6.53. The second-order valence-electron chi connectivity index (χ2n) is 6.28. The third kappa shape index (κ3) is 3.17. The number of imidazole rings is 2. The van der Waals surface area contributed by atoms with E-state index in [2.05, 4.69) is 32.0 Å². The molecule has 0 unspecified atom stereocenters.